The number of hydrogen-bond donors (Lipinski definition) is 1. The van der Waals surface area contributed by atoms with E-state index in [9.17, 15) is 9.90 Å². The normalized spacial score (nSPS) is 14.9. The summed E-state index contributed by atoms with van der Waals surface area (Å²) in [7, 11) is 1.71. The van der Waals surface area contributed by atoms with Crippen LogP contribution in [0.2, 0.25) is 0 Å². The van der Waals surface area contributed by atoms with Crippen LogP contribution in [-0.2, 0) is 22.2 Å². The first kappa shape index (κ1) is 10.7. The maximum atomic E-state index is 11.4. The van der Waals surface area contributed by atoms with Gasteiger partial charge in [-0.15, -0.1) is 0 Å². The molecule has 0 aliphatic rings. The SMILES string of the molecule is CCOC(=O)[C@](C)(O)c1cnn(C)c1. The summed E-state index contributed by atoms with van der Waals surface area (Å²) in [6.45, 7) is 3.33. The van der Waals surface area contributed by atoms with Crippen LogP contribution in [0.3, 0.4) is 0 Å². The lowest BCUT2D eigenvalue weighted by atomic mass is 10.0. The molecule has 1 N–H and O–H groups in total. The van der Waals surface area contributed by atoms with Crippen molar-refractivity contribution in [1.82, 2.24) is 9.78 Å². The lowest BCUT2D eigenvalue weighted by molar-refractivity contribution is -0.164. The molecule has 1 aromatic rings. The standard InChI is InChI=1S/C9H14N2O3/c1-4-14-8(12)9(2,13)7-5-10-11(3)6-7/h5-6,13H,4H2,1-3H3/t9-/m1/s1. The lowest BCUT2D eigenvalue weighted by Gasteiger charge is -2.18. The Hall–Kier alpha value is -1.36. The maximum absolute atomic E-state index is 11.4. The molecule has 0 aliphatic carbocycles. The van der Waals surface area contributed by atoms with Gasteiger partial charge >= 0.3 is 5.97 Å². The molecule has 1 heterocycles. The number of nitrogens with zero attached hydrogens (tertiary/aromatic N) is 2. The minimum atomic E-state index is -1.62. The maximum Gasteiger partial charge on any atom is 0.342 e. The Morgan fingerprint density at radius 3 is 2.86 bits per heavy atom. The van der Waals surface area contributed by atoms with Crippen LogP contribution in [0.4, 0.5) is 0 Å². The highest BCUT2D eigenvalue weighted by molar-refractivity contribution is 5.80. The van der Waals surface area contributed by atoms with Crippen LogP contribution in [-0.4, -0.2) is 27.5 Å². The van der Waals surface area contributed by atoms with Gasteiger partial charge in [0.05, 0.1) is 12.8 Å². The van der Waals surface area contributed by atoms with Gasteiger partial charge in [0.25, 0.3) is 0 Å². The fourth-order valence-electron chi connectivity index (χ4n) is 1.06. The number of ether oxygens (including phenoxy) is 1. The van der Waals surface area contributed by atoms with Crippen molar-refractivity contribution in [2.75, 3.05) is 6.61 Å². The van der Waals surface area contributed by atoms with Crippen molar-refractivity contribution in [1.29, 1.82) is 0 Å². The summed E-state index contributed by atoms with van der Waals surface area (Å²) in [5.41, 5.74) is -1.19. The van der Waals surface area contributed by atoms with Crippen LogP contribution in [0.25, 0.3) is 0 Å². The first-order valence-electron chi connectivity index (χ1n) is 4.37. The molecular weight excluding hydrogens is 184 g/mol. The Balaban J connectivity index is 2.89. The van der Waals surface area contributed by atoms with Crippen molar-refractivity contribution in [3.8, 4) is 0 Å². The molecule has 0 aromatic carbocycles. The van der Waals surface area contributed by atoms with Crippen molar-refractivity contribution in [2.24, 2.45) is 7.05 Å². The minimum absolute atomic E-state index is 0.245. The topological polar surface area (TPSA) is 64.3 Å². The van der Waals surface area contributed by atoms with Crippen LogP contribution >= 0.6 is 0 Å². The predicted molar refractivity (Wildman–Crippen MR) is 49.4 cm³/mol. The fourth-order valence-corrected chi connectivity index (χ4v) is 1.06. The highest BCUT2D eigenvalue weighted by Gasteiger charge is 2.35. The summed E-state index contributed by atoms with van der Waals surface area (Å²) < 4.78 is 6.26. The van der Waals surface area contributed by atoms with Crippen molar-refractivity contribution in [2.45, 2.75) is 19.4 Å². The summed E-state index contributed by atoms with van der Waals surface area (Å²) in [4.78, 5) is 11.4. The summed E-state index contributed by atoms with van der Waals surface area (Å²) in [5.74, 6) is -0.659. The van der Waals surface area contributed by atoms with E-state index in [2.05, 4.69) is 5.10 Å². The van der Waals surface area contributed by atoms with E-state index in [0.717, 1.165) is 0 Å². The van der Waals surface area contributed by atoms with Gasteiger partial charge in [-0.1, -0.05) is 0 Å². The third kappa shape index (κ3) is 1.93. The number of aromatic nitrogens is 2. The second-order valence-electron chi connectivity index (χ2n) is 3.20. The minimum Gasteiger partial charge on any atom is -0.464 e. The molecule has 0 unspecified atom stereocenters. The quantitative estimate of drug-likeness (QED) is 0.704. The van der Waals surface area contributed by atoms with Crippen LogP contribution in [0.5, 0.6) is 0 Å². The zero-order valence-corrected chi connectivity index (χ0v) is 8.52. The van der Waals surface area contributed by atoms with Crippen LogP contribution in [0, 0.1) is 0 Å². The zero-order chi connectivity index (χ0) is 10.8. The van der Waals surface area contributed by atoms with Gasteiger partial charge in [-0.3, -0.25) is 4.68 Å². The molecule has 0 saturated carbocycles. The van der Waals surface area contributed by atoms with E-state index >= 15 is 0 Å². The van der Waals surface area contributed by atoms with Gasteiger partial charge in [0.15, 0.2) is 5.60 Å². The molecule has 78 valence electrons. The molecule has 5 heteroatoms. The van der Waals surface area contributed by atoms with E-state index < -0.39 is 11.6 Å². The van der Waals surface area contributed by atoms with Gasteiger partial charge in [0.1, 0.15) is 0 Å². The van der Waals surface area contributed by atoms with Crippen molar-refractivity contribution in [3.63, 3.8) is 0 Å². The Morgan fingerprint density at radius 2 is 2.43 bits per heavy atom. The number of esters is 1. The van der Waals surface area contributed by atoms with Gasteiger partial charge < -0.3 is 9.84 Å². The van der Waals surface area contributed by atoms with E-state index in [0.29, 0.717) is 5.56 Å². The van der Waals surface area contributed by atoms with E-state index in [4.69, 9.17) is 4.74 Å². The van der Waals surface area contributed by atoms with Crippen molar-refractivity contribution in [3.05, 3.63) is 18.0 Å². The molecule has 0 fully saturated rings. The first-order chi connectivity index (χ1) is 6.48. The molecule has 0 radical (unpaired) electrons. The van der Waals surface area contributed by atoms with E-state index in [-0.39, 0.29) is 6.61 Å². The van der Waals surface area contributed by atoms with E-state index in [1.807, 2.05) is 0 Å². The zero-order valence-electron chi connectivity index (χ0n) is 8.52. The monoisotopic (exact) mass is 198 g/mol. The number of rotatable bonds is 3. The first-order valence-corrected chi connectivity index (χ1v) is 4.37. The highest BCUT2D eigenvalue weighted by Crippen LogP contribution is 2.21. The molecule has 0 saturated heterocycles. The third-order valence-electron chi connectivity index (χ3n) is 1.94. The smallest absolute Gasteiger partial charge is 0.342 e. The van der Waals surface area contributed by atoms with Crippen molar-refractivity contribution < 1.29 is 14.6 Å². The molecule has 0 bridgehead atoms. The van der Waals surface area contributed by atoms with E-state index in [1.54, 1.807) is 20.2 Å². The van der Waals surface area contributed by atoms with Crippen LogP contribution in [0.1, 0.15) is 19.4 Å². The molecule has 0 spiro atoms. The van der Waals surface area contributed by atoms with E-state index in [1.165, 1.54) is 17.8 Å². The molecule has 14 heavy (non-hydrogen) atoms. The summed E-state index contributed by atoms with van der Waals surface area (Å²) >= 11 is 0. The average molecular weight is 198 g/mol. The summed E-state index contributed by atoms with van der Waals surface area (Å²) in [6, 6.07) is 0. The molecule has 1 atom stereocenters. The van der Waals surface area contributed by atoms with Gasteiger partial charge in [0, 0.05) is 18.8 Å². The molecule has 5 nitrogen and oxygen atoms in total. The molecular formula is C9H14N2O3. The molecule has 0 aliphatic heterocycles. The van der Waals surface area contributed by atoms with Gasteiger partial charge in [-0.05, 0) is 13.8 Å². The Bertz CT molecular complexity index is 331. The highest BCUT2D eigenvalue weighted by atomic mass is 16.5. The lowest BCUT2D eigenvalue weighted by Crippen LogP contribution is -2.33. The van der Waals surface area contributed by atoms with Gasteiger partial charge in [0.2, 0.25) is 0 Å². The molecule has 1 aromatic heterocycles. The Kier molecular flexibility index (Phi) is 2.90. The van der Waals surface area contributed by atoms with Gasteiger partial charge in [-0.2, -0.15) is 5.10 Å². The summed E-state index contributed by atoms with van der Waals surface area (Å²) in [6.07, 6.45) is 3.02. The fraction of sp³-hybridized carbons (Fsp3) is 0.556. The largest absolute Gasteiger partial charge is 0.464 e. The number of hydrogen-bond acceptors (Lipinski definition) is 4. The second-order valence-corrected chi connectivity index (χ2v) is 3.20. The van der Waals surface area contributed by atoms with Crippen LogP contribution in [0.15, 0.2) is 12.4 Å². The number of carbonyl (C=O) groups excluding carboxylic acids is 1. The van der Waals surface area contributed by atoms with Crippen LogP contribution < -0.4 is 0 Å². The van der Waals surface area contributed by atoms with Crippen molar-refractivity contribution >= 4 is 5.97 Å². The number of aliphatic hydroxyl groups is 1. The Morgan fingerprint density at radius 1 is 1.79 bits per heavy atom. The molecule has 0 amide bonds. The summed E-state index contributed by atoms with van der Waals surface area (Å²) in [5, 5.41) is 13.7. The number of aryl methyl sites for hydroxylation is 1. The average Bonchev–Trinajstić information content (AvgIpc) is 2.52. The third-order valence-corrected chi connectivity index (χ3v) is 1.94. The molecule has 1 rings (SSSR count). The van der Waals surface area contributed by atoms with Gasteiger partial charge in [-0.25, -0.2) is 4.79 Å². The second kappa shape index (κ2) is 3.79. The number of carbonyl (C=O) groups is 1. The predicted octanol–water partition coefficient (Wildman–Crippen LogP) is 0.191. The Labute approximate surface area is 82.3 Å².